The highest BCUT2D eigenvalue weighted by atomic mass is 16.5. The predicted molar refractivity (Wildman–Crippen MR) is 88.2 cm³/mol. The molecule has 0 atom stereocenters. The molecule has 0 aliphatic rings. The first-order chi connectivity index (χ1) is 8.96. The van der Waals surface area contributed by atoms with Gasteiger partial charge in [-0.1, -0.05) is 62.0 Å². The minimum atomic E-state index is -0.341. The highest BCUT2D eigenvalue weighted by Crippen LogP contribution is 2.41. The van der Waals surface area contributed by atoms with E-state index in [1.165, 1.54) is 0 Å². The fourth-order valence-electron chi connectivity index (χ4n) is 1.89. The van der Waals surface area contributed by atoms with Gasteiger partial charge in [0.05, 0.1) is 0 Å². The van der Waals surface area contributed by atoms with Crippen molar-refractivity contribution in [2.75, 3.05) is 0 Å². The van der Waals surface area contributed by atoms with E-state index < -0.39 is 0 Å². The van der Waals surface area contributed by atoms with Gasteiger partial charge >= 0.3 is 5.97 Å². The zero-order valence-corrected chi connectivity index (χ0v) is 13.6. The molecule has 0 saturated heterocycles. The molecule has 0 fully saturated rings. The molecule has 1 aromatic carbocycles. The van der Waals surface area contributed by atoms with E-state index in [1.807, 2.05) is 26.8 Å². The number of esters is 1. The van der Waals surface area contributed by atoms with E-state index in [-0.39, 0.29) is 42.1 Å². The van der Waals surface area contributed by atoms with Crippen LogP contribution in [0.1, 0.15) is 73.4 Å². The van der Waals surface area contributed by atoms with Gasteiger partial charge in [-0.3, -0.25) is 4.79 Å². The van der Waals surface area contributed by atoms with Crippen molar-refractivity contribution in [1.29, 1.82) is 0 Å². The van der Waals surface area contributed by atoms with Crippen LogP contribution >= 0.6 is 0 Å². The second-order valence-electron chi connectivity index (χ2n) is 7.20. The number of carbonyl (C=O) groups excluding carboxylic acids is 1. The summed E-state index contributed by atoms with van der Waals surface area (Å²) in [7, 11) is 0. The van der Waals surface area contributed by atoms with Gasteiger partial charge in [-0.25, -0.2) is 0 Å². The average Bonchev–Trinajstić information content (AvgIpc) is 2.28. The zero-order chi connectivity index (χ0) is 15.7. The Morgan fingerprint density at radius 2 is 1.62 bits per heavy atom. The van der Waals surface area contributed by atoms with Gasteiger partial charge in [-0.05, 0) is 22.5 Å². The Morgan fingerprint density at radius 3 is 2.00 bits per heavy atom. The van der Waals surface area contributed by atoms with Crippen molar-refractivity contribution in [3.05, 3.63) is 23.3 Å². The Hall–Kier alpha value is -1.51. The predicted octanol–water partition coefficient (Wildman–Crippen LogP) is 4.94. The van der Waals surface area contributed by atoms with Crippen LogP contribution in [-0.2, 0) is 15.6 Å². The molecule has 21 heavy (non-hydrogen) atoms. The Kier molecular flexibility index (Phi) is 6.04. The zero-order valence-electron chi connectivity index (χ0n) is 13.6. The minimum Gasteiger partial charge on any atom is -0.504 e. The number of hydrogen-bond donors (Lipinski definition) is 1. The monoisotopic (exact) mass is 294 g/mol. The second kappa shape index (κ2) is 6.50. The Morgan fingerprint density at radius 1 is 1.10 bits per heavy atom. The summed E-state index contributed by atoms with van der Waals surface area (Å²) in [5.41, 5.74) is 1.53. The van der Waals surface area contributed by atoms with Crippen LogP contribution in [0.5, 0.6) is 11.5 Å². The minimum absolute atomic E-state index is 0. The lowest BCUT2D eigenvalue weighted by Gasteiger charge is -2.27. The van der Waals surface area contributed by atoms with Crippen molar-refractivity contribution < 1.29 is 14.6 Å². The molecule has 120 valence electrons. The number of carbonyl (C=O) groups is 1. The number of hydrogen-bond acceptors (Lipinski definition) is 3. The molecule has 0 spiro atoms. The Bertz CT molecular complexity index is 502. The first-order valence-electron chi connectivity index (χ1n) is 7.05. The third-order valence-corrected chi connectivity index (χ3v) is 3.26. The van der Waals surface area contributed by atoms with E-state index in [9.17, 15) is 9.90 Å². The maximum Gasteiger partial charge on any atom is 0.311 e. The molecule has 0 saturated carbocycles. The number of benzene rings is 1. The molecule has 0 aromatic heterocycles. The summed E-state index contributed by atoms with van der Waals surface area (Å²) in [6.07, 6.45) is 0.282. The fourth-order valence-corrected chi connectivity index (χ4v) is 1.89. The normalized spacial score (nSPS) is 11.8. The topological polar surface area (TPSA) is 46.5 Å². The highest BCUT2D eigenvalue weighted by molar-refractivity contribution is 5.73. The van der Waals surface area contributed by atoms with Crippen LogP contribution < -0.4 is 4.74 Å². The van der Waals surface area contributed by atoms with Crippen molar-refractivity contribution >= 4 is 5.97 Å². The van der Waals surface area contributed by atoms with Crippen LogP contribution in [0, 0.1) is 0 Å². The van der Waals surface area contributed by atoms with Crippen LogP contribution in [0.2, 0.25) is 0 Å². The van der Waals surface area contributed by atoms with Gasteiger partial charge in [-0.15, -0.1) is 0 Å². The standard InChI is InChI=1S/C17H26O3.CH4/c1-8-14(18)20-13-10-11(16(2,3)4)9-12(15(13)19)17(5,6)7;/h9-10,19H,8H2,1-7H3;1H4. The van der Waals surface area contributed by atoms with E-state index >= 15 is 0 Å². The Balaban J connectivity index is 0.00000400. The number of rotatable bonds is 2. The van der Waals surface area contributed by atoms with Crippen LogP contribution in [-0.4, -0.2) is 11.1 Å². The SMILES string of the molecule is C.CCC(=O)Oc1cc(C(C)(C)C)cc(C(C)(C)C)c1O. The van der Waals surface area contributed by atoms with Gasteiger partial charge in [0.1, 0.15) is 0 Å². The molecule has 0 radical (unpaired) electrons. The summed E-state index contributed by atoms with van der Waals surface area (Å²) in [4.78, 5) is 11.5. The van der Waals surface area contributed by atoms with E-state index in [0.29, 0.717) is 0 Å². The van der Waals surface area contributed by atoms with E-state index in [4.69, 9.17) is 4.74 Å². The number of ether oxygens (including phenoxy) is 1. The summed E-state index contributed by atoms with van der Waals surface area (Å²) in [5.74, 6) is -0.0206. The first-order valence-corrected chi connectivity index (χ1v) is 7.05. The van der Waals surface area contributed by atoms with Crippen molar-refractivity contribution in [3.63, 3.8) is 0 Å². The fraction of sp³-hybridized carbons (Fsp3) is 0.611. The molecule has 0 bridgehead atoms. The van der Waals surface area contributed by atoms with Gasteiger partial charge in [0.25, 0.3) is 0 Å². The van der Waals surface area contributed by atoms with Crippen molar-refractivity contribution in [3.8, 4) is 11.5 Å². The molecule has 1 aromatic rings. The third kappa shape index (κ3) is 4.76. The molecule has 3 nitrogen and oxygen atoms in total. The van der Waals surface area contributed by atoms with Gasteiger partial charge < -0.3 is 9.84 Å². The van der Waals surface area contributed by atoms with Gasteiger partial charge in [0.2, 0.25) is 0 Å². The van der Waals surface area contributed by atoms with Crippen LogP contribution in [0.3, 0.4) is 0 Å². The summed E-state index contributed by atoms with van der Waals surface area (Å²) in [6.45, 7) is 14.1. The lowest BCUT2D eigenvalue weighted by molar-refractivity contribution is -0.134. The van der Waals surface area contributed by atoms with Crippen LogP contribution in [0.4, 0.5) is 0 Å². The molecular formula is C18H30O3. The van der Waals surface area contributed by atoms with E-state index in [2.05, 4.69) is 20.8 Å². The highest BCUT2D eigenvalue weighted by Gasteiger charge is 2.26. The van der Waals surface area contributed by atoms with Crippen molar-refractivity contribution in [2.45, 2.75) is 73.1 Å². The van der Waals surface area contributed by atoms with Crippen molar-refractivity contribution in [2.24, 2.45) is 0 Å². The molecule has 0 unspecified atom stereocenters. The third-order valence-electron chi connectivity index (χ3n) is 3.26. The molecule has 0 aliphatic carbocycles. The molecule has 1 N–H and O–H groups in total. The molecule has 3 heteroatoms. The summed E-state index contributed by atoms with van der Waals surface area (Å²) < 4.78 is 5.28. The molecule has 0 amide bonds. The lowest BCUT2D eigenvalue weighted by Crippen LogP contribution is -2.18. The number of aromatic hydroxyl groups is 1. The molecular weight excluding hydrogens is 264 g/mol. The maximum absolute atomic E-state index is 11.5. The summed E-state index contributed by atoms with van der Waals surface area (Å²) in [6, 6.07) is 3.76. The van der Waals surface area contributed by atoms with E-state index in [0.717, 1.165) is 11.1 Å². The molecule has 0 heterocycles. The smallest absolute Gasteiger partial charge is 0.311 e. The molecule has 1 rings (SSSR count). The quantitative estimate of drug-likeness (QED) is 0.621. The summed E-state index contributed by atoms with van der Waals surface area (Å²) >= 11 is 0. The summed E-state index contributed by atoms with van der Waals surface area (Å²) in [5, 5.41) is 10.4. The van der Waals surface area contributed by atoms with Gasteiger partial charge in [0.15, 0.2) is 11.5 Å². The number of phenols is 1. The van der Waals surface area contributed by atoms with Gasteiger partial charge in [0, 0.05) is 12.0 Å². The second-order valence-corrected chi connectivity index (χ2v) is 7.20. The maximum atomic E-state index is 11.5. The number of phenolic OH excluding ortho intramolecular Hbond substituents is 1. The molecule has 0 aliphatic heterocycles. The Labute approximate surface area is 129 Å². The van der Waals surface area contributed by atoms with Crippen LogP contribution in [0.25, 0.3) is 0 Å². The lowest BCUT2D eigenvalue weighted by atomic mass is 9.80. The van der Waals surface area contributed by atoms with Gasteiger partial charge in [-0.2, -0.15) is 0 Å². The van der Waals surface area contributed by atoms with Crippen molar-refractivity contribution in [1.82, 2.24) is 0 Å². The average molecular weight is 294 g/mol. The largest absolute Gasteiger partial charge is 0.504 e. The van der Waals surface area contributed by atoms with E-state index in [1.54, 1.807) is 13.0 Å². The first kappa shape index (κ1) is 19.5. The van der Waals surface area contributed by atoms with Crippen LogP contribution in [0.15, 0.2) is 12.1 Å².